The van der Waals surface area contributed by atoms with Crippen LogP contribution in [0.3, 0.4) is 0 Å². The molecule has 2 saturated heterocycles. The highest BCUT2D eigenvalue weighted by Crippen LogP contribution is 2.34. The van der Waals surface area contributed by atoms with E-state index in [1.54, 1.807) is 0 Å². The van der Waals surface area contributed by atoms with E-state index in [2.05, 4.69) is 5.92 Å². The lowest BCUT2D eigenvalue weighted by Crippen LogP contribution is -2.68. The summed E-state index contributed by atoms with van der Waals surface area (Å²) in [6, 6.07) is 0. The Kier molecular flexibility index (Phi) is 6.94. The van der Waals surface area contributed by atoms with Gasteiger partial charge in [-0.05, 0) is 0 Å². The monoisotopic (exact) mass is 380 g/mol. The first-order valence-electron chi connectivity index (χ1n) is 7.96. The van der Waals surface area contributed by atoms with Crippen LogP contribution >= 0.6 is 0 Å². The average molecular weight is 380 g/mol. The zero-order chi connectivity index (χ0) is 19.6. The second-order valence-electron chi connectivity index (χ2n) is 6.30. The van der Waals surface area contributed by atoms with Gasteiger partial charge in [-0.25, -0.2) is 0 Å². The Balaban J connectivity index is 2.18. The fourth-order valence-electron chi connectivity index (χ4n) is 3.00. The molecule has 0 spiro atoms. The van der Waals surface area contributed by atoms with Gasteiger partial charge in [-0.1, -0.05) is 0 Å². The summed E-state index contributed by atoms with van der Waals surface area (Å²) in [4.78, 5) is 0. The van der Waals surface area contributed by atoms with Gasteiger partial charge >= 0.3 is 0 Å². The smallest absolute Gasteiger partial charge is 0.206 e. The van der Waals surface area contributed by atoms with E-state index in [1.807, 2.05) is 0 Å². The first-order valence-corrected chi connectivity index (χ1v) is 7.96. The molecule has 150 valence electrons. The Morgan fingerprint density at radius 1 is 0.923 bits per heavy atom. The normalized spacial score (nSPS) is 49.6. The van der Waals surface area contributed by atoms with Gasteiger partial charge in [-0.15, -0.1) is 12.3 Å². The zero-order valence-electron chi connectivity index (χ0n) is 13.7. The fraction of sp³-hybridized carbons (Fsp3) is 0.867. The van der Waals surface area contributed by atoms with Gasteiger partial charge in [0.25, 0.3) is 0 Å². The van der Waals surface area contributed by atoms with Crippen LogP contribution in [0.15, 0.2) is 0 Å². The largest absolute Gasteiger partial charge is 0.394 e. The minimum Gasteiger partial charge on any atom is -0.394 e. The molecule has 0 amide bonds. The Hall–Kier alpha value is -0.880. The maximum atomic E-state index is 10.3. The Labute approximate surface area is 149 Å². The lowest BCUT2D eigenvalue weighted by molar-refractivity contribution is -0.382. The minimum atomic E-state index is -2.32. The van der Waals surface area contributed by atoms with Crippen LogP contribution in [0, 0.1) is 12.3 Å². The van der Waals surface area contributed by atoms with Crippen LogP contribution in [0.2, 0.25) is 0 Å². The number of terminal acetylenes is 1. The third-order valence-corrected chi connectivity index (χ3v) is 4.52. The Bertz CT molecular complexity index is 506. The topological polar surface area (TPSA) is 190 Å². The molecule has 1 unspecified atom stereocenters. The average Bonchev–Trinajstić information content (AvgIpc) is 2.62. The predicted molar refractivity (Wildman–Crippen MR) is 81.0 cm³/mol. The second kappa shape index (κ2) is 8.42. The molecular formula is C15H24O11. The maximum absolute atomic E-state index is 10.3. The SMILES string of the molecule is C#CCC1(O)O[C@H](CO)[C@@H](O[C@@H]2O[C@H](CO)[C@H](O)[C@H](O)[C@H]2O)[C@H](O)[C@H]1O. The quantitative estimate of drug-likeness (QED) is 0.213. The number of ether oxygens (including phenoxy) is 3. The minimum absolute atomic E-state index is 0.478. The predicted octanol–water partition coefficient (Wildman–Crippen LogP) is -5.00. The third-order valence-electron chi connectivity index (χ3n) is 4.52. The van der Waals surface area contributed by atoms with E-state index in [4.69, 9.17) is 25.7 Å². The summed E-state index contributed by atoms with van der Waals surface area (Å²) < 4.78 is 15.7. The molecule has 11 nitrogen and oxygen atoms in total. The van der Waals surface area contributed by atoms with Gasteiger partial charge in [0.1, 0.15) is 48.8 Å². The standard InChI is InChI=1S/C15H24O11/c1-2-3-15(23)13(22)11(21)12(7(5-17)26-15)25-14-10(20)9(19)8(18)6(4-16)24-14/h1,6-14,16-23H,3-5H2/t6-,7-,8+,9+,10-,11+,12-,13-,14+,15?/m1/s1. The maximum Gasteiger partial charge on any atom is 0.206 e. The van der Waals surface area contributed by atoms with E-state index in [9.17, 15) is 35.7 Å². The van der Waals surface area contributed by atoms with Crippen molar-refractivity contribution in [3.63, 3.8) is 0 Å². The molecule has 0 saturated carbocycles. The van der Waals surface area contributed by atoms with Gasteiger partial charge in [-0.2, -0.15) is 0 Å². The number of hydrogen-bond acceptors (Lipinski definition) is 11. The van der Waals surface area contributed by atoms with Gasteiger partial charge in [0, 0.05) is 0 Å². The first-order chi connectivity index (χ1) is 12.2. The molecule has 2 aliphatic heterocycles. The Morgan fingerprint density at radius 3 is 2.08 bits per heavy atom. The van der Waals surface area contributed by atoms with E-state index < -0.39 is 80.5 Å². The highest BCUT2D eigenvalue weighted by Gasteiger charge is 2.55. The summed E-state index contributed by atoms with van der Waals surface area (Å²) in [5, 5.41) is 78.7. The van der Waals surface area contributed by atoms with E-state index >= 15 is 0 Å². The number of hydrogen-bond donors (Lipinski definition) is 8. The molecule has 8 N–H and O–H groups in total. The number of aliphatic hydroxyl groups excluding tert-OH is 7. The van der Waals surface area contributed by atoms with Gasteiger partial charge in [0.05, 0.1) is 19.6 Å². The molecular weight excluding hydrogens is 356 g/mol. The van der Waals surface area contributed by atoms with Gasteiger partial charge in [0.15, 0.2) is 6.29 Å². The van der Waals surface area contributed by atoms with E-state index in [-0.39, 0.29) is 0 Å². The Morgan fingerprint density at radius 2 is 1.54 bits per heavy atom. The molecule has 0 aliphatic carbocycles. The van der Waals surface area contributed by atoms with Crippen molar-refractivity contribution in [1.29, 1.82) is 0 Å². The summed E-state index contributed by atoms with van der Waals surface area (Å²) >= 11 is 0. The van der Waals surface area contributed by atoms with Crippen LogP contribution in [-0.4, -0.2) is 115 Å². The molecule has 2 heterocycles. The number of aliphatic hydroxyl groups is 8. The van der Waals surface area contributed by atoms with Crippen molar-refractivity contribution >= 4 is 0 Å². The van der Waals surface area contributed by atoms with E-state index in [0.29, 0.717) is 0 Å². The van der Waals surface area contributed by atoms with Crippen molar-refractivity contribution in [2.75, 3.05) is 13.2 Å². The van der Waals surface area contributed by atoms with Crippen LogP contribution in [0.4, 0.5) is 0 Å². The molecule has 10 atom stereocenters. The molecule has 0 radical (unpaired) electrons. The van der Waals surface area contributed by atoms with E-state index in [1.165, 1.54) is 0 Å². The van der Waals surface area contributed by atoms with Crippen LogP contribution in [0.1, 0.15) is 6.42 Å². The molecule has 0 aromatic carbocycles. The molecule has 2 fully saturated rings. The molecule has 2 aliphatic rings. The molecule has 0 aromatic heterocycles. The van der Waals surface area contributed by atoms with Crippen molar-refractivity contribution in [2.24, 2.45) is 0 Å². The van der Waals surface area contributed by atoms with Gasteiger partial charge in [0.2, 0.25) is 5.79 Å². The summed E-state index contributed by atoms with van der Waals surface area (Å²) in [6.07, 6.45) is -9.91. The fourth-order valence-corrected chi connectivity index (χ4v) is 3.00. The van der Waals surface area contributed by atoms with Crippen molar-refractivity contribution in [3.8, 4) is 12.3 Å². The third kappa shape index (κ3) is 3.86. The highest BCUT2D eigenvalue weighted by atomic mass is 16.7. The second-order valence-corrected chi connectivity index (χ2v) is 6.30. The lowest BCUT2D eigenvalue weighted by atomic mass is 9.90. The van der Waals surface area contributed by atoms with Gasteiger partial charge < -0.3 is 55.1 Å². The first kappa shape index (κ1) is 21.4. The molecule has 0 aromatic rings. The van der Waals surface area contributed by atoms with Crippen molar-refractivity contribution < 1.29 is 55.1 Å². The summed E-state index contributed by atoms with van der Waals surface area (Å²) in [7, 11) is 0. The van der Waals surface area contributed by atoms with Crippen LogP contribution in [0.25, 0.3) is 0 Å². The molecule has 0 bridgehead atoms. The highest BCUT2D eigenvalue weighted by molar-refractivity contribution is 5.03. The van der Waals surface area contributed by atoms with Crippen LogP contribution in [0.5, 0.6) is 0 Å². The van der Waals surface area contributed by atoms with Crippen molar-refractivity contribution in [2.45, 2.75) is 67.3 Å². The molecule has 11 heteroatoms. The van der Waals surface area contributed by atoms with Crippen LogP contribution < -0.4 is 0 Å². The van der Waals surface area contributed by atoms with Crippen LogP contribution in [-0.2, 0) is 14.2 Å². The summed E-state index contributed by atoms with van der Waals surface area (Å²) in [5.74, 6) is -0.244. The van der Waals surface area contributed by atoms with Gasteiger partial charge in [-0.3, -0.25) is 0 Å². The van der Waals surface area contributed by atoms with Crippen molar-refractivity contribution in [1.82, 2.24) is 0 Å². The molecule has 2 rings (SSSR count). The van der Waals surface area contributed by atoms with E-state index in [0.717, 1.165) is 0 Å². The summed E-state index contributed by atoms with van der Waals surface area (Å²) in [5.41, 5.74) is 0. The lowest BCUT2D eigenvalue weighted by Gasteiger charge is -2.48. The molecule has 26 heavy (non-hydrogen) atoms. The zero-order valence-corrected chi connectivity index (χ0v) is 13.7. The summed E-state index contributed by atoms with van der Waals surface area (Å²) in [6.45, 7) is -1.44. The number of rotatable bonds is 5. The van der Waals surface area contributed by atoms with Crippen molar-refractivity contribution in [3.05, 3.63) is 0 Å².